The zero-order chi connectivity index (χ0) is 21.6. The highest BCUT2D eigenvalue weighted by atomic mass is 32.2. The molecule has 3 heterocycles. The van der Waals surface area contributed by atoms with Crippen molar-refractivity contribution in [1.29, 1.82) is 0 Å². The van der Waals surface area contributed by atoms with Crippen LogP contribution in [0.25, 0.3) is 22.2 Å². The third-order valence-corrected chi connectivity index (χ3v) is 7.92. The Morgan fingerprint density at radius 3 is 2.42 bits per heavy atom. The van der Waals surface area contributed by atoms with Crippen LogP contribution in [0.1, 0.15) is 5.56 Å². The first-order chi connectivity index (χ1) is 15.0. The van der Waals surface area contributed by atoms with Gasteiger partial charge in [0, 0.05) is 5.56 Å². The summed E-state index contributed by atoms with van der Waals surface area (Å²) < 4.78 is 28.1. The Morgan fingerprint density at radius 1 is 1.00 bits per heavy atom. The molecule has 2 aromatic carbocycles. The van der Waals surface area contributed by atoms with Crippen LogP contribution in [0, 0.1) is 0 Å². The monoisotopic (exact) mass is 449 g/mol. The van der Waals surface area contributed by atoms with Gasteiger partial charge in [-0.05, 0) is 35.7 Å². The van der Waals surface area contributed by atoms with E-state index in [1.165, 1.54) is 23.0 Å². The number of nitrogen functional groups attached to an aromatic ring is 1. The highest BCUT2D eigenvalue weighted by Gasteiger charge is 2.31. The number of rotatable bonds is 4. The molecule has 0 radical (unpaired) electrons. The second-order valence-corrected chi connectivity index (χ2v) is 9.71. The van der Waals surface area contributed by atoms with Gasteiger partial charge in [0.2, 0.25) is 9.84 Å². The molecule has 5 aromatic rings. The molecule has 0 aliphatic carbocycles. The van der Waals surface area contributed by atoms with E-state index in [0.717, 1.165) is 11.3 Å². The zero-order valence-corrected chi connectivity index (χ0v) is 17.5. The molecule has 0 fully saturated rings. The maximum atomic E-state index is 13.4. The molecule has 3 N–H and O–H groups in total. The lowest BCUT2D eigenvalue weighted by molar-refractivity contribution is 0.474. The van der Waals surface area contributed by atoms with Crippen molar-refractivity contribution in [2.24, 2.45) is 5.10 Å². The lowest BCUT2D eigenvalue weighted by atomic mass is 10.2. The van der Waals surface area contributed by atoms with Crippen LogP contribution in [-0.2, 0) is 9.84 Å². The van der Waals surface area contributed by atoms with Crippen molar-refractivity contribution in [3.8, 4) is 5.75 Å². The van der Waals surface area contributed by atoms with Crippen molar-refractivity contribution < 1.29 is 13.5 Å². The van der Waals surface area contributed by atoms with Gasteiger partial charge in [0.05, 0.1) is 17.2 Å². The van der Waals surface area contributed by atoms with Crippen LogP contribution in [-0.4, -0.2) is 34.4 Å². The fourth-order valence-corrected chi connectivity index (χ4v) is 5.82. The van der Waals surface area contributed by atoms with E-state index in [1.807, 2.05) is 6.07 Å². The van der Waals surface area contributed by atoms with Crippen molar-refractivity contribution in [2.45, 2.75) is 9.10 Å². The number of hydrogen-bond acceptors (Lipinski definition) is 8. The number of phenolic OH excluding ortho intramolecular Hbond substituents is 1. The minimum absolute atomic E-state index is 0.0317. The molecule has 10 heteroatoms. The number of thiophene rings is 1. The molecule has 31 heavy (non-hydrogen) atoms. The number of anilines is 1. The van der Waals surface area contributed by atoms with Crippen LogP contribution < -0.4 is 5.73 Å². The molecule has 8 nitrogen and oxygen atoms in total. The second kappa shape index (κ2) is 7.18. The smallest absolute Gasteiger partial charge is 0.221 e. The van der Waals surface area contributed by atoms with E-state index in [0.29, 0.717) is 16.6 Å². The molecule has 0 bridgehead atoms. The predicted molar refractivity (Wildman–Crippen MR) is 120 cm³/mol. The Bertz CT molecular complexity index is 1570. The topological polar surface area (TPSA) is 123 Å². The Labute approximate surface area is 180 Å². The Balaban J connectivity index is 1.82. The summed E-state index contributed by atoms with van der Waals surface area (Å²) in [5, 5.41) is 16.0. The van der Waals surface area contributed by atoms with Crippen molar-refractivity contribution >= 4 is 55.4 Å². The summed E-state index contributed by atoms with van der Waals surface area (Å²) in [6.07, 6.45) is 1.39. The molecule has 0 aliphatic rings. The van der Waals surface area contributed by atoms with Gasteiger partial charge in [0.25, 0.3) is 0 Å². The first kappa shape index (κ1) is 19.2. The summed E-state index contributed by atoms with van der Waals surface area (Å²) in [7, 11) is -3.94. The van der Waals surface area contributed by atoms with Gasteiger partial charge in [0.15, 0.2) is 5.65 Å². The molecule has 5 rings (SSSR count). The fraction of sp³-hybridized carbons (Fsp3) is 0. The van der Waals surface area contributed by atoms with Gasteiger partial charge in [-0.25, -0.2) is 18.4 Å². The van der Waals surface area contributed by atoms with E-state index in [2.05, 4.69) is 15.1 Å². The Morgan fingerprint density at radius 2 is 1.71 bits per heavy atom. The molecule has 3 aromatic heterocycles. The first-order valence-corrected chi connectivity index (χ1v) is 11.5. The summed E-state index contributed by atoms with van der Waals surface area (Å²) in [5.41, 5.74) is 8.21. The van der Waals surface area contributed by atoms with Crippen LogP contribution in [0.2, 0.25) is 0 Å². The molecule has 0 saturated heterocycles. The largest absolute Gasteiger partial charge is 0.507 e. The number of aromatic hydroxyl groups is 1. The number of nitrogens with two attached hydrogens (primary N) is 1. The standard InChI is InChI=1S/C21H15N5O3S2/c22-20-19(31(28,29)17-10-5-11-30-17)18-21(25-15-8-3-2-7-14(15)24-18)26(20)23-12-13-6-1-4-9-16(13)27/h1-12,27H,22H2/b23-12-. The SMILES string of the molecule is Nc1c(S(=O)(=O)c2cccs2)c2nc3ccccc3nc2n1/N=C\c1ccccc1O. The van der Waals surface area contributed by atoms with Gasteiger partial charge in [-0.1, -0.05) is 30.3 Å². The second-order valence-electron chi connectivity index (χ2n) is 6.65. The number of benzene rings is 2. The van der Waals surface area contributed by atoms with Gasteiger partial charge < -0.3 is 10.8 Å². The number of para-hydroxylation sites is 3. The van der Waals surface area contributed by atoms with Crippen LogP contribution in [0.15, 0.2) is 80.2 Å². The van der Waals surface area contributed by atoms with Gasteiger partial charge in [-0.15, -0.1) is 11.3 Å². The van der Waals surface area contributed by atoms with Crippen LogP contribution in [0.3, 0.4) is 0 Å². The highest BCUT2D eigenvalue weighted by Crippen LogP contribution is 2.36. The number of fused-ring (bicyclic) bond motifs is 2. The van der Waals surface area contributed by atoms with E-state index < -0.39 is 9.84 Å². The molecule has 0 spiro atoms. The Hall–Kier alpha value is -3.76. The number of hydrogen-bond donors (Lipinski definition) is 2. The van der Waals surface area contributed by atoms with E-state index in [1.54, 1.807) is 47.8 Å². The third kappa shape index (κ3) is 3.13. The Kier molecular flexibility index (Phi) is 4.45. The summed E-state index contributed by atoms with van der Waals surface area (Å²) in [6.45, 7) is 0. The van der Waals surface area contributed by atoms with Gasteiger partial charge in [0.1, 0.15) is 26.2 Å². The van der Waals surface area contributed by atoms with Crippen molar-refractivity contribution in [3.63, 3.8) is 0 Å². The summed E-state index contributed by atoms with van der Waals surface area (Å²) in [4.78, 5) is 8.98. The van der Waals surface area contributed by atoms with Crippen molar-refractivity contribution in [3.05, 3.63) is 71.6 Å². The maximum Gasteiger partial charge on any atom is 0.221 e. The van der Waals surface area contributed by atoms with Crippen LogP contribution >= 0.6 is 11.3 Å². The number of nitrogens with zero attached hydrogens (tertiary/aromatic N) is 4. The van der Waals surface area contributed by atoms with Crippen LogP contribution in [0.5, 0.6) is 5.75 Å². The average Bonchev–Trinajstić information content (AvgIpc) is 3.39. The minimum Gasteiger partial charge on any atom is -0.507 e. The molecular weight excluding hydrogens is 434 g/mol. The molecule has 0 atom stereocenters. The quantitative estimate of drug-likeness (QED) is 0.404. The summed E-state index contributed by atoms with van der Waals surface area (Å²) in [6, 6.07) is 16.9. The first-order valence-electron chi connectivity index (χ1n) is 9.14. The molecule has 0 amide bonds. The van der Waals surface area contributed by atoms with Gasteiger partial charge in [-0.3, -0.25) is 0 Å². The maximum absolute atomic E-state index is 13.4. The summed E-state index contributed by atoms with van der Waals surface area (Å²) >= 11 is 1.09. The van der Waals surface area contributed by atoms with Crippen LogP contribution in [0.4, 0.5) is 5.82 Å². The summed E-state index contributed by atoms with van der Waals surface area (Å²) in [5.74, 6) is -0.0744. The number of aromatic nitrogens is 3. The number of sulfone groups is 1. The molecule has 0 saturated carbocycles. The minimum atomic E-state index is -3.94. The molecule has 0 aliphatic heterocycles. The fourth-order valence-electron chi connectivity index (χ4n) is 3.24. The zero-order valence-electron chi connectivity index (χ0n) is 15.9. The normalized spacial score (nSPS) is 12.3. The van der Waals surface area contributed by atoms with Crippen molar-refractivity contribution in [2.75, 3.05) is 5.73 Å². The lowest BCUT2D eigenvalue weighted by Crippen LogP contribution is -2.05. The lowest BCUT2D eigenvalue weighted by Gasteiger charge is -2.02. The van der Waals surface area contributed by atoms with Crippen molar-refractivity contribution in [1.82, 2.24) is 14.6 Å². The predicted octanol–water partition coefficient (Wildman–Crippen LogP) is 3.65. The third-order valence-electron chi connectivity index (χ3n) is 4.71. The number of phenols is 1. The van der Waals surface area contributed by atoms with E-state index in [-0.39, 0.29) is 31.8 Å². The van der Waals surface area contributed by atoms with E-state index >= 15 is 0 Å². The van der Waals surface area contributed by atoms with E-state index in [4.69, 9.17) is 5.73 Å². The molecule has 0 unspecified atom stereocenters. The highest BCUT2D eigenvalue weighted by molar-refractivity contribution is 7.93. The average molecular weight is 450 g/mol. The van der Waals surface area contributed by atoms with E-state index in [9.17, 15) is 13.5 Å². The molecular formula is C21H15N5O3S2. The van der Waals surface area contributed by atoms with Gasteiger partial charge in [-0.2, -0.15) is 9.78 Å². The molecule has 154 valence electrons. The van der Waals surface area contributed by atoms with Gasteiger partial charge >= 0.3 is 0 Å².